The molecule has 1 saturated carbocycles. The number of carbonyl (C=O) groups is 1. The molecule has 8 heteroatoms. The number of thiazole rings is 1. The van der Waals surface area contributed by atoms with Gasteiger partial charge in [-0.1, -0.05) is 11.3 Å². The third-order valence-electron chi connectivity index (χ3n) is 2.66. The summed E-state index contributed by atoms with van der Waals surface area (Å²) >= 11 is 0.889. The molecule has 1 aliphatic carbocycles. The fraction of sp³-hybridized carbons (Fsp3) is 0.556. The molecule has 1 aliphatic rings. The molecule has 0 radical (unpaired) electrons. The molecule has 1 fully saturated rings. The van der Waals surface area contributed by atoms with Crippen LogP contribution >= 0.6 is 11.3 Å². The van der Waals surface area contributed by atoms with E-state index in [9.17, 15) is 18.0 Å². The maximum Gasteiger partial charge on any atom is 0.411 e. The van der Waals surface area contributed by atoms with Crippen molar-refractivity contribution in [3.05, 3.63) is 10.6 Å². The normalized spacial score (nSPS) is 17.9. The zero-order valence-corrected chi connectivity index (χ0v) is 9.71. The van der Waals surface area contributed by atoms with Crippen LogP contribution in [0, 0.1) is 6.92 Å². The van der Waals surface area contributed by atoms with Crippen molar-refractivity contribution in [2.24, 2.45) is 0 Å². The van der Waals surface area contributed by atoms with Crippen LogP contribution < -0.4 is 11.1 Å². The van der Waals surface area contributed by atoms with Gasteiger partial charge in [-0.25, -0.2) is 4.98 Å². The summed E-state index contributed by atoms with van der Waals surface area (Å²) in [6.07, 6.45) is -4.56. The van der Waals surface area contributed by atoms with E-state index < -0.39 is 17.6 Å². The molecule has 3 N–H and O–H groups in total. The summed E-state index contributed by atoms with van der Waals surface area (Å²) in [6, 6.07) is 0. The van der Waals surface area contributed by atoms with Gasteiger partial charge in [-0.15, -0.1) is 0 Å². The van der Waals surface area contributed by atoms with Crippen LogP contribution in [0.25, 0.3) is 0 Å². The van der Waals surface area contributed by atoms with Crippen molar-refractivity contribution in [1.82, 2.24) is 10.3 Å². The number of aryl methyl sites for hydroxylation is 1. The van der Waals surface area contributed by atoms with E-state index in [1.807, 2.05) is 5.32 Å². The topological polar surface area (TPSA) is 68.0 Å². The van der Waals surface area contributed by atoms with Crippen LogP contribution in [-0.4, -0.2) is 22.6 Å². The standard InChI is InChI=1S/C9H10F3N3OS/c1-4-5(17-7(13)14-4)6(16)15-8(2-3-8)9(10,11)12/h2-3H2,1H3,(H2,13,14)(H,15,16). The van der Waals surface area contributed by atoms with E-state index in [-0.39, 0.29) is 22.9 Å². The van der Waals surface area contributed by atoms with Crippen LogP contribution in [0.2, 0.25) is 0 Å². The first kappa shape index (κ1) is 12.2. The van der Waals surface area contributed by atoms with Gasteiger partial charge in [0.05, 0.1) is 5.69 Å². The van der Waals surface area contributed by atoms with Crippen LogP contribution in [0.15, 0.2) is 0 Å². The lowest BCUT2D eigenvalue weighted by atomic mass is 10.2. The predicted octanol–water partition coefficient (Wildman–Crippen LogP) is 1.86. The highest BCUT2D eigenvalue weighted by molar-refractivity contribution is 7.17. The number of aromatic nitrogens is 1. The SMILES string of the molecule is Cc1nc(N)sc1C(=O)NC1(C(F)(F)F)CC1. The van der Waals surface area contributed by atoms with E-state index in [0.717, 1.165) is 11.3 Å². The number of nitrogens with one attached hydrogen (secondary N) is 1. The van der Waals surface area contributed by atoms with E-state index in [1.54, 1.807) is 0 Å². The molecule has 1 heterocycles. The van der Waals surface area contributed by atoms with Crippen molar-refractivity contribution in [1.29, 1.82) is 0 Å². The summed E-state index contributed by atoms with van der Waals surface area (Å²) in [7, 11) is 0. The van der Waals surface area contributed by atoms with Crippen molar-refractivity contribution in [2.45, 2.75) is 31.5 Å². The first-order valence-corrected chi connectivity index (χ1v) is 5.69. The highest BCUT2D eigenvalue weighted by Crippen LogP contribution is 2.49. The Bertz CT molecular complexity index is 465. The van der Waals surface area contributed by atoms with Gasteiger partial charge in [-0.05, 0) is 19.8 Å². The number of halogens is 3. The highest BCUT2D eigenvalue weighted by Gasteiger charge is 2.64. The molecule has 1 amide bonds. The molecular formula is C9H10F3N3OS. The molecule has 0 atom stereocenters. The van der Waals surface area contributed by atoms with Gasteiger partial charge in [-0.2, -0.15) is 13.2 Å². The van der Waals surface area contributed by atoms with Crippen LogP contribution in [-0.2, 0) is 0 Å². The van der Waals surface area contributed by atoms with Gasteiger partial charge in [-0.3, -0.25) is 4.79 Å². The zero-order valence-electron chi connectivity index (χ0n) is 8.89. The van der Waals surface area contributed by atoms with E-state index in [0.29, 0.717) is 5.69 Å². The van der Waals surface area contributed by atoms with Crippen molar-refractivity contribution in [3.8, 4) is 0 Å². The van der Waals surface area contributed by atoms with Gasteiger partial charge in [0.15, 0.2) is 5.13 Å². The maximum atomic E-state index is 12.6. The van der Waals surface area contributed by atoms with Crippen molar-refractivity contribution in [2.75, 3.05) is 5.73 Å². The van der Waals surface area contributed by atoms with Gasteiger partial charge in [0.25, 0.3) is 5.91 Å². The summed E-state index contributed by atoms with van der Waals surface area (Å²) < 4.78 is 37.9. The fourth-order valence-electron chi connectivity index (χ4n) is 1.51. The smallest absolute Gasteiger partial charge is 0.375 e. The van der Waals surface area contributed by atoms with Crippen LogP contribution in [0.4, 0.5) is 18.3 Å². The third kappa shape index (κ3) is 2.08. The minimum Gasteiger partial charge on any atom is -0.375 e. The van der Waals surface area contributed by atoms with Gasteiger partial charge >= 0.3 is 6.18 Å². The Labute approximate surface area is 99.0 Å². The molecule has 2 rings (SSSR count). The Kier molecular flexibility index (Phi) is 2.57. The molecule has 0 aromatic carbocycles. The van der Waals surface area contributed by atoms with E-state index >= 15 is 0 Å². The highest BCUT2D eigenvalue weighted by atomic mass is 32.1. The first-order valence-electron chi connectivity index (χ1n) is 4.87. The number of alkyl halides is 3. The fourth-order valence-corrected chi connectivity index (χ4v) is 2.24. The number of nitrogen functional groups attached to an aromatic ring is 1. The largest absolute Gasteiger partial charge is 0.411 e. The van der Waals surface area contributed by atoms with Crippen molar-refractivity contribution in [3.63, 3.8) is 0 Å². The zero-order chi connectivity index (χ0) is 12.8. The molecule has 0 spiro atoms. The number of nitrogens with two attached hydrogens (primary N) is 1. The second-order valence-corrected chi connectivity index (χ2v) is 5.03. The van der Waals surface area contributed by atoms with Crippen molar-refractivity contribution >= 4 is 22.4 Å². The number of carbonyl (C=O) groups excluding carboxylic acids is 1. The second kappa shape index (κ2) is 3.59. The Balaban J connectivity index is 2.16. The molecule has 94 valence electrons. The summed E-state index contributed by atoms with van der Waals surface area (Å²) in [6.45, 7) is 1.54. The summed E-state index contributed by atoms with van der Waals surface area (Å²) in [5, 5.41) is 2.20. The van der Waals surface area contributed by atoms with E-state index in [2.05, 4.69) is 4.98 Å². The monoisotopic (exact) mass is 265 g/mol. The first-order chi connectivity index (χ1) is 7.75. The lowest BCUT2D eigenvalue weighted by Gasteiger charge is -2.20. The lowest BCUT2D eigenvalue weighted by molar-refractivity contribution is -0.163. The quantitative estimate of drug-likeness (QED) is 0.857. The molecule has 0 unspecified atom stereocenters. The van der Waals surface area contributed by atoms with Gasteiger partial charge in [0, 0.05) is 0 Å². The number of hydrogen-bond acceptors (Lipinski definition) is 4. The molecular weight excluding hydrogens is 255 g/mol. The lowest BCUT2D eigenvalue weighted by Crippen LogP contribution is -2.47. The predicted molar refractivity (Wildman–Crippen MR) is 56.7 cm³/mol. The average Bonchev–Trinajstić information content (AvgIpc) is 2.86. The molecule has 0 bridgehead atoms. The minimum atomic E-state index is -4.41. The van der Waals surface area contributed by atoms with Gasteiger partial charge in [0.1, 0.15) is 10.4 Å². The van der Waals surface area contributed by atoms with Crippen molar-refractivity contribution < 1.29 is 18.0 Å². The average molecular weight is 265 g/mol. The second-order valence-electron chi connectivity index (χ2n) is 4.00. The Morgan fingerprint density at radius 1 is 1.53 bits per heavy atom. The summed E-state index contributed by atoms with van der Waals surface area (Å²) in [5.41, 5.74) is 3.69. The Morgan fingerprint density at radius 3 is 2.47 bits per heavy atom. The Hall–Kier alpha value is -1.31. The number of hydrogen-bond donors (Lipinski definition) is 2. The number of amides is 1. The molecule has 0 aliphatic heterocycles. The van der Waals surface area contributed by atoms with E-state index in [4.69, 9.17) is 5.73 Å². The van der Waals surface area contributed by atoms with Gasteiger partial charge < -0.3 is 11.1 Å². The van der Waals surface area contributed by atoms with Crippen LogP contribution in [0.3, 0.4) is 0 Å². The van der Waals surface area contributed by atoms with Crippen LogP contribution in [0.1, 0.15) is 28.2 Å². The number of nitrogens with zero attached hydrogens (tertiary/aromatic N) is 1. The summed E-state index contributed by atoms with van der Waals surface area (Å²) in [4.78, 5) is 15.6. The molecule has 0 saturated heterocycles. The molecule has 1 aromatic heterocycles. The molecule has 17 heavy (non-hydrogen) atoms. The summed E-state index contributed by atoms with van der Waals surface area (Å²) in [5.74, 6) is -0.758. The van der Waals surface area contributed by atoms with Crippen LogP contribution in [0.5, 0.6) is 0 Å². The number of anilines is 1. The third-order valence-corrected chi connectivity index (χ3v) is 3.65. The molecule has 4 nitrogen and oxygen atoms in total. The Morgan fingerprint density at radius 2 is 2.12 bits per heavy atom. The van der Waals surface area contributed by atoms with E-state index in [1.165, 1.54) is 6.92 Å². The minimum absolute atomic E-state index is 0.0738. The maximum absolute atomic E-state index is 12.6. The van der Waals surface area contributed by atoms with Gasteiger partial charge in [0.2, 0.25) is 0 Å². The molecule has 1 aromatic rings. The number of rotatable bonds is 2.